The zero-order valence-electron chi connectivity index (χ0n) is 22.9. The maximum absolute atomic E-state index is 13.2. The second kappa shape index (κ2) is 10.9. The van der Waals surface area contributed by atoms with Gasteiger partial charge in [-0.3, -0.25) is 14.6 Å². The van der Waals surface area contributed by atoms with Gasteiger partial charge < -0.3 is 25.2 Å². The van der Waals surface area contributed by atoms with Gasteiger partial charge in [0.25, 0.3) is 5.91 Å². The van der Waals surface area contributed by atoms with Crippen molar-refractivity contribution < 1.29 is 14.3 Å². The van der Waals surface area contributed by atoms with Crippen molar-refractivity contribution >= 4 is 35.0 Å². The first-order valence-corrected chi connectivity index (χ1v) is 13.3. The molecule has 1 aliphatic heterocycles. The Hall–Kier alpha value is -4.21. The number of rotatable bonds is 7. The summed E-state index contributed by atoms with van der Waals surface area (Å²) in [5.74, 6) is 1.45. The maximum Gasteiger partial charge on any atom is 0.251 e. The molecule has 2 N–H and O–H groups in total. The average Bonchev–Trinajstić information content (AvgIpc) is 3.47. The van der Waals surface area contributed by atoms with E-state index in [1.54, 1.807) is 49.7 Å². The fraction of sp³-hybridized carbons (Fsp3) is 0.414. The first-order valence-electron chi connectivity index (χ1n) is 13.3. The molecule has 3 heterocycles. The minimum Gasteiger partial charge on any atom is -0.495 e. The third-order valence-electron chi connectivity index (χ3n) is 7.46. The molecule has 0 atom stereocenters. The van der Waals surface area contributed by atoms with Crippen LogP contribution in [0.15, 0.2) is 48.8 Å². The number of pyridine rings is 1. The zero-order chi connectivity index (χ0) is 27.6. The smallest absolute Gasteiger partial charge is 0.251 e. The summed E-state index contributed by atoms with van der Waals surface area (Å²) >= 11 is 0. The van der Waals surface area contributed by atoms with E-state index in [9.17, 15) is 9.59 Å². The van der Waals surface area contributed by atoms with Gasteiger partial charge in [-0.2, -0.15) is 4.98 Å². The van der Waals surface area contributed by atoms with Crippen molar-refractivity contribution in [3.63, 3.8) is 0 Å². The zero-order valence-corrected chi connectivity index (χ0v) is 22.9. The number of nitrogens with zero attached hydrogens (tertiary/aromatic N) is 5. The number of aromatic nitrogens is 3. The number of methoxy groups -OCH3 is 1. The lowest BCUT2D eigenvalue weighted by Gasteiger charge is -2.34. The molecule has 3 aromatic rings. The van der Waals surface area contributed by atoms with Crippen LogP contribution in [0.1, 0.15) is 55.6 Å². The number of anilines is 4. The highest BCUT2D eigenvalue weighted by Crippen LogP contribution is 2.40. The standard InChI is InChI=1S/C29H35N7O3/c1-29(2)18-36(21-10-5-6-11-21)25-23(35(3)27(29)38)17-32-28(34-25)33-22-13-12-19(15-24(22)39-4)26(37)31-16-20-9-7-8-14-30-20/h7-9,12-15,17,21H,5-6,10-11,16,18H2,1-4H3,(H,31,37)(H,32,33,34). The van der Waals surface area contributed by atoms with Crippen LogP contribution in [0, 0.1) is 5.41 Å². The van der Waals surface area contributed by atoms with Gasteiger partial charge in [0.2, 0.25) is 11.9 Å². The van der Waals surface area contributed by atoms with Crippen LogP contribution < -0.4 is 25.2 Å². The molecule has 2 aromatic heterocycles. The van der Waals surface area contributed by atoms with Crippen LogP contribution in [0.5, 0.6) is 5.75 Å². The molecule has 204 valence electrons. The van der Waals surface area contributed by atoms with Gasteiger partial charge in [-0.25, -0.2) is 4.98 Å². The van der Waals surface area contributed by atoms with Crippen LogP contribution in [-0.2, 0) is 11.3 Å². The number of amides is 2. The fourth-order valence-corrected chi connectivity index (χ4v) is 5.36. The van der Waals surface area contributed by atoms with Gasteiger partial charge in [0.1, 0.15) is 11.4 Å². The molecule has 0 radical (unpaired) electrons. The number of ether oxygens (including phenoxy) is 1. The van der Waals surface area contributed by atoms with E-state index in [4.69, 9.17) is 9.72 Å². The summed E-state index contributed by atoms with van der Waals surface area (Å²) in [6.45, 7) is 4.91. The normalized spacial score (nSPS) is 17.0. The molecule has 0 unspecified atom stereocenters. The van der Waals surface area contributed by atoms with Crippen molar-refractivity contribution in [3.05, 3.63) is 60.0 Å². The van der Waals surface area contributed by atoms with Crippen molar-refractivity contribution in [1.29, 1.82) is 0 Å². The Kier molecular flexibility index (Phi) is 7.36. The highest BCUT2D eigenvalue weighted by atomic mass is 16.5. The quantitative estimate of drug-likeness (QED) is 0.466. The van der Waals surface area contributed by atoms with Crippen LogP contribution in [0.2, 0.25) is 0 Å². The van der Waals surface area contributed by atoms with Crippen molar-refractivity contribution in [3.8, 4) is 5.75 Å². The first-order chi connectivity index (χ1) is 18.8. The fourth-order valence-electron chi connectivity index (χ4n) is 5.36. The lowest BCUT2D eigenvalue weighted by atomic mass is 9.91. The lowest BCUT2D eigenvalue weighted by molar-refractivity contribution is -0.125. The summed E-state index contributed by atoms with van der Waals surface area (Å²) in [5.41, 5.74) is 2.02. The molecular formula is C29H35N7O3. The molecule has 1 aliphatic carbocycles. The molecule has 10 nitrogen and oxygen atoms in total. The van der Waals surface area contributed by atoms with Crippen LogP contribution in [0.3, 0.4) is 0 Å². The van der Waals surface area contributed by atoms with Gasteiger partial charge in [0.05, 0.1) is 36.6 Å². The van der Waals surface area contributed by atoms with Gasteiger partial charge >= 0.3 is 0 Å². The third kappa shape index (κ3) is 5.50. The monoisotopic (exact) mass is 529 g/mol. The van der Waals surface area contributed by atoms with Gasteiger partial charge in [-0.15, -0.1) is 0 Å². The number of carbonyl (C=O) groups excluding carboxylic acids is 2. The summed E-state index contributed by atoms with van der Waals surface area (Å²) < 4.78 is 5.59. The van der Waals surface area contributed by atoms with Gasteiger partial charge in [0.15, 0.2) is 5.82 Å². The molecule has 39 heavy (non-hydrogen) atoms. The average molecular weight is 530 g/mol. The second-order valence-electron chi connectivity index (χ2n) is 10.8. The Morgan fingerprint density at radius 1 is 1.15 bits per heavy atom. The maximum atomic E-state index is 13.2. The number of nitrogens with one attached hydrogen (secondary N) is 2. The van der Waals surface area contributed by atoms with E-state index in [1.807, 2.05) is 32.0 Å². The third-order valence-corrected chi connectivity index (χ3v) is 7.46. The number of benzene rings is 1. The predicted octanol–water partition coefficient (Wildman–Crippen LogP) is 4.31. The SMILES string of the molecule is COc1cc(C(=O)NCc2ccccn2)ccc1Nc1ncc2c(n1)N(C1CCCC1)CC(C)(C)C(=O)N2C. The van der Waals surface area contributed by atoms with E-state index in [-0.39, 0.29) is 11.8 Å². The Morgan fingerprint density at radius 3 is 2.67 bits per heavy atom. The molecule has 2 amide bonds. The minimum atomic E-state index is -0.554. The van der Waals surface area contributed by atoms with E-state index in [0.717, 1.165) is 24.4 Å². The molecule has 0 saturated heterocycles. The largest absolute Gasteiger partial charge is 0.495 e. The van der Waals surface area contributed by atoms with E-state index in [1.165, 1.54) is 12.8 Å². The van der Waals surface area contributed by atoms with E-state index in [2.05, 4.69) is 25.5 Å². The molecule has 1 fully saturated rings. The number of hydrogen-bond donors (Lipinski definition) is 2. The van der Waals surface area contributed by atoms with Crippen molar-refractivity contribution in [2.75, 3.05) is 35.8 Å². The van der Waals surface area contributed by atoms with Crippen LogP contribution in [0.25, 0.3) is 0 Å². The summed E-state index contributed by atoms with van der Waals surface area (Å²) in [4.78, 5) is 43.6. The Morgan fingerprint density at radius 2 is 1.95 bits per heavy atom. The minimum absolute atomic E-state index is 0.0483. The molecule has 5 rings (SSSR count). The summed E-state index contributed by atoms with van der Waals surface area (Å²) in [5, 5.41) is 6.14. The molecular weight excluding hydrogens is 494 g/mol. The van der Waals surface area contributed by atoms with Crippen molar-refractivity contribution in [2.24, 2.45) is 5.41 Å². The van der Waals surface area contributed by atoms with Crippen LogP contribution in [-0.4, -0.2) is 53.5 Å². The predicted molar refractivity (Wildman–Crippen MR) is 151 cm³/mol. The van der Waals surface area contributed by atoms with Gasteiger partial charge in [-0.05, 0) is 57.0 Å². The molecule has 0 bridgehead atoms. The summed E-state index contributed by atoms with van der Waals surface area (Å²) in [6.07, 6.45) is 7.92. The van der Waals surface area contributed by atoms with Crippen molar-refractivity contribution in [1.82, 2.24) is 20.3 Å². The Labute approximate surface area is 228 Å². The van der Waals surface area contributed by atoms with Crippen LogP contribution >= 0.6 is 0 Å². The highest BCUT2D eigenvalue weighted by molar-refractivity contribution is 6.01. The van der Waals surface area contributed by atoms with Crippen molar-refractivity contribution in [2.45, 2.75) is 52.1 Å². The molecule has 0 spiro atoms. The van der Waals surface area contributed by atoms with E-state index >= 15 is 0 Å². The molecule has 10 heteroatoms. The first kappa shape index (κ1) is 26.4. The summed E-state index contributed by atoms with van der Waals surface area (Å²) in [6, 6.07) is 11.1. The van der Waals surface area contributed by atoms with E-state index < -0.39 is 5.41 Å². The number of carbonyl (C=O) groups is 2. The molecule has 1 aromatic carbocycles. The molecule has 1 saturated carbocycles. The van der Waals surface area contributed by atoms with Gasteiger partial charge in [0, 0.05) is 31.4 Å². The van der Waals surface area contributed by atoms with Crippen LogP contribution in [0.4, 0.5) is 23.1 Å². The van der Waals surface area contributed by atoms with Gasteiger partial charge in [-0.1, -0.05) is 18.9 Å². The summed E-state index contributed by atoms with van der Waals surface area (Å²) in [7, 11) is 3.34. The second-order valence-corrected chi connectivity index (χ2v) is 10.8. The highest BCUT2D eigenvalue weighted by Gasteiger charge is 2.41. The lowest BCUT2D eigenvalue weighted by Crippen LogP contribution is -2.45. The Bertz CT molecular complexity index is 1360. The number of hydrogen-bond acceptors (Lipinski definition) is 8. The van der Waals surface area contributed by atoms with E-state index in [0.29, 0.717) is 47.8 Å². The number of fused-ring (bicyclic) bond motifs is 1. The molecule has 2 aliphatic rings. The Balaban J connectivity index is 1.40. The topological polar surface area (TPSA) is 113 Å².